The van der Waals surface area contributed by atoms with Gasteiger partial charge in [0.25, 0.3) is 5.91 Å². The van der Waals surface area contributed by atoms with Crippen molar-refractivity contribution in [1.82, 2.24) is 10.6 Å². The van der Waals surface area contributed by atoms with Crippen LogP contribution in [0.3, 0.4) is 0 Å². The smallest absolute Gasteiger partial charge is 0.252 e. The van der Waals surface area contributed by atoms with Gasteiger partial charge >= 0.3 is 0 Å². The van der Waals surface area contributed by atoms with E-state index in [1.807, 2.05) is 31.2 Å². The lowest BCUT2D eigenvalue weighted by atomic mass is 10.1. The summed E-state index contributed by atoms with van der Waals surface area (Å²) < 4.78 is 0.993. The molecule has 4 nitrogen and oxygen atoms in total. The summed E-state index contributed by atoms with van der Waals surface area (Å²) in [5, 5.41) is 6.00. The van der Waals surface area contributed by atoms with Crippen LogP contribution in [0.1, 0.15) is 35.3 Å². The minimum Gasteiger partial charge on any atom is -0.351 e. The molecule has 2 amide bonds. The molecule has 0 aromatic heterocycles. The van der Waals surface area contributed by atoms with E-state index in [1.54, 1.807) is 24.3 Å². The molecule has 2 aromatic carbocycles. The molecule has 2 aromatic rings. The molecule has 24 heavy (non-hydrogen) atoms. The number of benzene rings is 2. The lowest BCUT2D eigenvalue weighted by Crippen LogP contribution is -2.32. The molecule has 126 valence electrons. The Balaban J connectivity index is 1.78. The molecule has 0 radical (unpaired) electrons. The van der Waals surface area contributed by atoms with Crippen molar-refractivity contribution in [3.05, 3.63) is 69.2 Å². The molecule has 2 rings (SSSR count). The van der Waals surface area contributed by atoms with Crippen LogP contribution in [0.25, 0.3) is 0 Å². The van der Waals surface area contributed by atoms with E-state index in [-0.39, 0.29) is 30.8 Å². The maximum Gasteiger partial charge on any atom is 0.252 e. The van der Waals surface area contributed by atoms with E-state index in [0.29, 0.717) is 10.6 Å². The van der Waals surface area contributed by atoms with E-state index in [2.05, 4.69) is 26.6 Å². The van der Waals surface area contributed by atoms with Gasteiger partial charge in [-0.1, -0.05) is 51.8 Å². The van der Waals surface area contributed by atoms with E-state index >= 15 is 0 Å². The first kappa shape index (κ1) is 18.5. The molecule has 0 bridgehead atoms. The van der Waals surface area contributed by atoms with Crippen LogP contribution in [-0.4, -0.2) is 18.4 Å². The SMILES string of the molecule is C[C@H](NC(=O)CCNC(=O)c1ccccc1Cl)c1ccc(Br)cc1. The van der Waals surface area contributed by atoms with Gasteiger partial charge < -0.3 is 10.6 Å². The number of hydrogen-bond acceptors (Lipinski definition) is 2. The number of rotatable bonds is 6. The molecule has 0 heterocycles. The Morgan fingerprint density at radius 3 is 2.46 bits per heavy atom. The highest BCUT2D eigenvalue weighted by molar-refractivity contribution is 9.10. The zero-order valence-corrected chi connectivity index (χ0v) is 15.5. The average molecular weight is 410 g/mol. The number of halogens is 2. The van der Waals surface area contributed by atoms with Crippen LogP contribution < -0.4 is 10.6 Å². The lowest BCUT2D eigenvalue weighted by Gasteiger charge is -2.14. The number of carbonyl (C=O) groups excluding carboxylic acids is 2. The Hall–Kier alpha value is -1.85. The van der Waals surface area contributed by atoms with E-state index in [0.717, 1.165) is 10.0 Å². The van der Waals surface area contributed by atoms with Gasteiger partial charge in [-0.15, -0.1) is 0 Å². The molecule has 0 saturated heterocycles. The molecule has 0 aliphatic carbocycles. The minimum absolute atomic E-state index is 0.0927. The first-order chi connectivity index (χ1) is 11.5. The van der Waals surface area contributed by atoms with Gasteiger partial charge in [0.1, 0.15) is 0 Å². The van der Waals surface area contributed by atoms with Crippen molar-refractivity contribution in [1.29, 1.82) is 0 Å². The maximum absolute atomic E-state index is 12.0. The van der Waals surface area contributed by atoms with Crippen LogP contribution in [0.15, 0.2) is 53.0 Å². The van der Waals surface area contributed by atoms with Crippen LogP contribution in [0.2, 0.25) is 5.02 Å². The van der Waals surface area contributed by atoms with E-state index in [9.17, 15) is 9.59 Å². The molecule has 6 heteroatoms. The Labute approximate surface area is 154 Å². The fourth-order valence-electron chi connectivity index (χ4n) is 2.18. The summed E-state index contributed by atoms with van der Waals surface area (Å²) in [7, 11) is 0. The summed E-state index contributed by atoms with van der Waals surface area (Å²) in [4.78, 5) is 24.0. The fourth-order valence-corrected chi connectivity index (χ4v) is 2.66. The van der Waals surface area contributed by atoms with Crippen LogP contribution in [0.5, 0.6) is 0 Å². The minimum atomic E-state index is -0.283. The molecular formula is C18H18BrClN2O2. The molecule has 0 fully saturated rings. The Kier molecular flexibility index (Phi) is 6.82. The molecular weight excluding hydrogens is 392 g/mol. The molecule has 0 aliphatic heterocycles. The molecule has 2 N–H and O–H groups in total. The van der Waals surface area contributed by atoms with Crippen molar-refractivity contribution in [3.8, 4) is 0 Å². The van der Waals surface area contributed by atoms with Crippen LogP contribution >= 0.6 is 27.5 Å². The first-order valence-corrected chi connectivity index (χ1v) is 8.72. The highest BCUT2D eigenvalue weighted by Crippen LogP contribution is 2.16. The monoisotopic (exact) mass is 408 g/mol. The summed E-state index contributed by atoms with van der Waals surface area (Å²) in [5.74, 6) is -0.403. The third-order valence-corrected chi connectivity index (χ3v) is 4.36. The normalized spacial score (nSPS) is 11.6. The second kappa shape index (κ2) is 8.85. The molecule has 1 atom stereocenters. The van der Waals surface area contributed by atoms with Crippen molar-refractivity contribution >= 4 is 39.3 Å². The summed E-state index contributed by atoms with van der Waals surface area (Å²) in [5.41, 5.74) is 1.43. The van der Waals surface area contributed by atoms with Gasteiger partial charge in [-0.2, -0.15) is 0 Å². The predicted octanol–water partition coefficient (Wildman–Crippen LogP) is 4.10. The van der Waals surface area contributed by atoms with Gasteiger partial charge in [-0.3, -0.25) is 9.59 Å². The molecule has 0 saturated carbocycles. The number of carbonyl (C=O) groups is 2. The summed E-state index contributed by atoms with van der Waals surface area (Å²) in [6.45, 7) is 2.17. The molecule has 0 spiro atoms. The molecule has 0 unspecified atom stereocenters. The van der Waals surface area contributed by atoms with Gasteiger partial charge in [-0.25, -0.2) is 0 Å². The van der Waals surface area contributed by atoms with Gasteiger partial charge in [0.2, 0.25) is 5.91 Å². The third kappa shape index (κ3) is 5.35. The average Bonchev–Trinajstić information content (AvgIpc) is 2.55. The zero-order valence-electron chi connectivity index (χ0n) is 13.2. The fraction of sp³-hybridized carbons (Fsp3) is 0.222. The summed E-state index contributed by atoms with van der Waals surface area (Å²) in [6, 6.07) is 14.5. The predicted molar refractivity (Wildman–Crippen MR) is 99.1 cm³/mol. The number of nitrogens with one attached hydrogen (secondary N) is 2. The van der Waals surface area contributed by atoms with Crippen molar-refractivity contribution < 1.29 is 9.59 Å². The van der Waals surface area contributed by atoms with Crippen molar-refractivity contribution in [2.75, 3.05) is 6.54 Å². The van der Waals surface area contributed by atoms with Crippen molar-refractivity contribution in [2.24, 2.45) is 0 Å². The lowest BCUT2D eigenvalue weighted by molar-refractivity contribution is -0.121. The van der Waals surface area contributed by atoms with E-state index in [1.165, 1.54) is 0 Å². The van der Waals surface area contributed by atoms with Gasteiger partial charge in [-0.05, 0) is 36.8 Å². The van der Waals surface area contributed by atoms with Crippen LogP contribution in [0, 0.1) is 0 Å². The highest BCUT2D eigenvalue weighted by Gasteiger charge is 2.12. The third-order valence-electron chi connectivity index (χ3n) is 3.50. The van der Waals surface area contributed by atoms with Gasteiger partial charge in [0.15, 0.2) is 0 Å². The number of amides is 2. The van der Waals surface area contributed by atoms with Crippen molar-refractivity contribution in [3.63, 3.8) is 0 Å². The standard InChI is InChI=1S/C18H18BrClN2O2/c1-12(13-6-8-14(19)9-7-13)22-17(23)10-11-21-18(24)15-4-2-3-5-16(15)20/h2-9,12H,10-11H2,1H3,(H,21,24)(H,22,23)/t12-/m0/s1. The van der Waals surface area contributed by atoms with Crippen LogP contribution in [0.4, 0.5) is 0 Å². The Bertz CT molecular complexity index is 719. The van der Waals surface area contributed by atoms with Crippen molar-refractivity contribution in [2.45, 2.75) is 19.4 Å². The Morgan fingerprint density at radius 2 is 1.79 bits per heavy atom. The van der Waals surface area contributed by atoms with E-state index < -0.39 is 0 Å². The molecule has 0 aliphatic rings. The van der Waals surface area contributed by atoms with Crippen LogP contribution in [-0.2, 0) is 4.79 Å². The Morgan fingerprint density at radius 1 is 1.12 bits per heavy atom. The second-order valence-electron chi connectivity index (χ2n) is 5.33. The topological polar surface area (TPSA) is 58.2 Å². The maximum atomic E-state index is 12.0. The second-order valence-corrected chi connectivity index (χ2v) is 6.65. The number of hydrogen-bond donors (Lipinski definition) is 2. The quantitative estimate of drug-likeness (QED) is 0.754. The zero-order chi connectivity index (χ0) is 17.5. The van der Waals surface area contributed by atoms with Gasteiger partial charge in [0, 0.05) is 17.4 Å². The first-order valence-electron chi connectivity index (χ1n) is 7.55. The van der Waals surface area contributed by atoms with Gasteiger partial charge in [0.05, 0.1) is 16.6 Å². The van der Waals surface area contributed by atoms with E-state index in [4.69, 9.17) is 11.6 Å². The largest absolute Gasteiger partial charge is 0.351 e. The highest BCUT2D eigenvalue weighted by atomic mass is 79.9. The summed E-state index contributed by atoms with van der Waals surface area (Å²) >= 11 is 9.35. The summed E-state index contributed by atoms with van der Waals surface area (Å²) in [6.07, 6.45) is 0.205.